The average Bonchev–Trinajstić information content (AvgIpc) is 2.63. The summed E-state index contributed by atoms with van der Waals surface area (Å²) in [6.45, 7) is 0.0689. The molecule has 4 nitrogen and oxygen atoms in total. The Hall–Kier alpha value is -1.52. The van der Waals surface area contributed by atoms with Gasteiger partial charge in [0, 0.05) is 28.0 Å². The Kier molecular flexibility index (Phi) is 3.36. The van der Waals surface area contributed by atoms with Gasteiger partial charge in [-0.1, -0.05) is 23.2 Å². The largest absolute Gasteiger partial charge is 0.368 e. The van der Waals surface area contributed by atoms with Crippen molar-refractivity contribution in [1.29, 1.82) is 0 Å². The van der Waals surface area contributed by atoms with E-state index in [4.69, 9.17) is 28.9 Å². The minimum Gasteiger partial charge on any atom is -0.368 e. The van der Waals surface area contributed by atoms with E-state index in [-0.39, 0.29) is 6.54 Å². The summed E-state index contributed by atoms with van der Waals surface area (Å²) in [6.07, 6.45) is 3.27. The molecule has 0 radical (unpaired) electrons. The SMILES string of the molecule is NC(=O)Cn1ccnc1-c1cc(Cl)cc(Cl)c1. The van der Waals surface area contributed by atoms with E-state index in [9.17, 15) is 4.79 Å². The van der Waals surface area contributed by atoms with Crippen molar-refractivity contribution < 1.29 is 4.79 Å². The molecule has 0 spiro atoms. The van der Waals surface area contributed by atoms with E-state index in [1.807, 2.05) is 0 Å². The highest BCUT2D eigenvalue weighted by Crippen LogP contribution is 2.26. The quantitative estimate of drug-likeness (QED) is 0.930. The number of benzene rings is 1. The van der Waals surface area contributed by atoms with Gasteiger partial charge < -0.3 is 10.3 Å². The number of nitrogens with zero attached hydrogens (tertiary/aromatic N) is 2. The Balaban J connectivity index is 2.45. The number of nitrogens with two attached hydrogens (primary N) is 1. The summed E-state index contributed by atoms with van der Waals surface area (Å²) in [6, 6.07) is 5.09. The Morgan fingerprint density at radius 3 is 2.53 bits per heavy atom. The molecule has 0 aliphatic rings. The molecule has 0 fully saturated rings. The lowest BCUT2D eigenvalue weighted by Crippen LogP contribution is -2.18. The van der Waals surface area contributed by atoms with E-state index < -0.39 is 5.91 Å². The normalized spacial score (nSPS) is 10.5. The lowest BCUT2D eigenvalue weighted by atomic mass is 10.2. The highest BCUT2D eigenvalue weighted by molar-refractivity contribution is 6.35. The number of aromatic nitrogens is 2. The Bertz CT molecular complexity index is 545. The van der Waals surface area contributed by atoms with Gasteiger partial charge in [0.05, 0.1) is 0 Å². The van der Waals surface area contributed by atoms with E-state index in [0.29, 0.717) is 15.9 Å². The third-order valence-corrected chi connectivity index (χ3v) is 2.60. The van der Waals surface area contributed by atoms with E-state index in [0.717, 1.165) is 5.56 Å². The van der Waals surface area contributed by atoms with Crippen LogP contribution >= 0.6 is 23.2 Å². The minimum atomic E-state index is -0.433. The molecule has 0 saturated heterocycles. The fraction of sp³-hybridized carbons (Fsp3) is 0.0909. The van der Waals surface area contributed by atoms with Crippen molar-refractivity contribution in [2.45, 2.75) is 6.54 Å². The fourth-order valence-corrected chi connectivity index (χ4v) is 2.07. The maximum atomic E-state index is 10.9. The van der Waals surface area contributed by atoms with Gasteiger partial charge in [0.1, 0.15) is 12.4 Å². The predicted molar refractivity (Wildman–Crippen MR) is 66.9 cm³/mol. The van der Waals surface area contributed by atoms with Crippen LogP contribution in [0.3, 0.4) is 0 Å². The molecule has 0 aliphatic carbocycles. The number of imidazole rings is 1. The van der Waals surface area contributed by atoms with Gasteiger partial charge in [-0.3, -0.25) is 4.79 Å². The average molecular weight is 270 g/mol. The second-order valence-electron chi connectivity index (χ2n) is 3.50. The van der Waals surface area contributed by atoms with Gasteiger partial charge >= 0.3 is 0 Å². The molecule has 0 bridgehead atoms. The molecule has 1 aromatic heterocycles. The molecule has 2 N–H and O–H groups in total. The van der Waals surface area contributed by atoms with Crippen molar-refractivity contribution in [2.24, 2.45) is 5.73 Å². The number of amides is 1. The zero-order chi connectivity index (χ0) is 12.4. The first-order chi connectivity index (χ1) is 8.06. The first kappa shape index (κ1) is 12.0. The standard InChI is InChI=1S/C11H9Cl2N3O/c12-8-3-7(4-9(13)5-8)11-15-1-2-16(11)6-10(14)17/h1-5H,6H2,(H2,14,17). The second kappa shape index (κ2) is 4.77. The fourth-order valence-electron chi connectivity index (χ4n) is 1.55. The van der Waals surface area contributed by atoms with Crippen LogP contribution in [0.15, 0.2) is 30.6 Å². The molecule has 2 aromatic rings. The lowest BCUT2D eigenvalue weighted by Gasteiger charge is -2.06. The first-order valence-electron chi connectivity index (χ1n) is 4.82. The summed E-state index contributed by atoms with van der Waals surface area (Å²) in [7, 11) is 0. The number of carbonyl (C=O) groups is 1. The minimum absolute atomic E-state index is 0.0689. The summed E-state index contributed by atoms with van der Waals surface area (Å²) in [5.74, 6) is 0.172. The molecular weight excluding hydrogens is 261 g/mol. The van der Waals surface area contributed by atoms with Crippen LogP contribution in [-0.4, -0.2) is 15.5 Å². The van der Waals surface area contributed by atoms with E-state index in [1.165, 1.54) is 0 Å². The van der Waals surface area contributed by atoms with E-state index >= 15 is 0 Å². The number of primary amides is 1. The molecule has 6 heteroatoms. The first-order valence-corrected chi connectivity index (χ1v) is 5.58. The highest BCUT2D eigenvalue weighted by Gasteiger charge is 2.09. The van der Waals surface area contributed by atoms with Crippen molar-refractivity contribution >= 4 is 29.1 Å². The van der Waals surface area contributed by atoms with Crippen molar-refractivity contribution in [3.63, 3.8) is 0 Å². The van der Waals surface area contributed by atoms with Gasteiger partial charge in [-0.05, 0) is 18.2 Å². The third-order valence-electron chi connectivity index (χ3n) is 2.16. The zero-order valence-corrected chi connectivity index (χ0v) is 10.2. The van der Waals surface area contributed by atoms with Gasteiger partial charge in [-0.25, -0.2) is 4.98 Å². The Labute approximate surface area is 108 Å². The van der Waals surface area contributed by atoms with E-state index in [1.54, 1.807) is 35.2 Å². The van der Waals surface area contributed by atoms with Crippen LogP contribution in [0.1, 0.15) is 0 Å². The molecule has 0 aliphatic heterocycles. The van der Waals surface area contributed by atoms with Gasteiger partial charge in [-0.2, -0.15) is 0 Å². The van der Waals surface area contributed by atoms with Gasteiger partial charge in [0.25, 0.3) is 0 Å². The number of carbonyl (C=O) groups excluding carboxylic acids is 1. The maximum absolute atomic E-state index is 10.9. The van der Waals surface area contributed by atoms with Crippen molar-refractivity contribution in [2.75, 3.05) is 0 Å². The highest BCUT2D eigenvalue weighted by atomic mass is 35.5. The summed E-state index contributed by atoms with van der Waals surface area (Å²) < 4.78 is 1.64. The molecular formula is C11H9Cl2N3O. The summed E-state index contributed by atoms with van der Waals surface area (Å²) in [5.41, 5.74) is 5.89. The number of rotatable bonds is 3. The lowest BCUT2D eigenvalue weighted by molar-refractivity contribution is -0.118. The number of hydrogen-bond donors (Lipinski definition) is 1. The molecule has 0 unspecified atom stereocenters. The zero-order valence-electron chi connectivity index (χ0n) is 8.73. The smallest absolute Gasteiger partial charge is 0.237 e. The summed E-state index contributed by atoms with van der Waals surface area (Å²) in [5, 5.41) is 1.03. The Morgan fingerprint density at radius 2 is 1.94 bits per heavy atom. The molecule has 1 aromatic carbocycles. The van der Waals surface area contributed by atoms with Crippen LogP contribution < -0.4 is 5.73 Å². The number of halogens is 2. The van der Waals surface area contributed by atoms with Crippen LogP contribution in [0.5, 0.6) is 0 Å². The topological polar surface area (TPSA) is 60.9 Å². The molecule has 17 heavy (non-hydrogen) atoms. The van der Waals surface area contributed by atoms with Crippen molar-refractivity contribution in [3.05, 3.63) is 40.6 Å². The summed E-state index contributed by atoms with van der Waals surface area (Å²) >= 11 is 11.8. The van der Waals surface area contributed by atoms with E-state index in [2.05, 4.69) is 4.98 Å². The van der Waals surface area contributed by atoms with Crippen LogP contribution in [0.25, 0.3) is 11.4 Å². The molecule has 0 saturated carbocycles. The van der Waals surface area contributed by atoms with Gasteiger partial charge in [0.2, 0.25) is 5.91 Å². The van der Waals surface area contributed by atoms with Gasteiger partial charge in [0.15, 0.2) is 0 Å². The van der Waals surface area contributed by atoms with Crippen LogP contribution in [-0.2, 0) is 11.3 Å². The molecule has 1 heterocycles. The predicted octanol–water partition coefficient (Wildman–Crippen LogP) is 2.34. The van der Waals surface area contributed by atoms with Crippen LogP contribution in [0.4, 0.5) is 0 Å². The number of hydrogen-bond acceptors (Lipinski definition) is 2. The summed E-state index contributed by atoms with van der Waals surface area (Å²) in [4.78, 5) is 15.1. The monoisotopic (exact) mass is 269 g/mol. The molecule has 0 atom stereocenters. The molecule has 88 valence electrons. The van der Waals surface area contributed by atoms with Crippen molar-refractivity contribution in [1.82, 2.24) is 9.55 Å². The maximum Gasteiger partial charge on any atom is 0.237 e. The third kappa shape index (κ3) is 2.78. The Morgan fingerprint density at radius 1 is 1.29 bits per heavy atom. The second-order valence-corrected chi connectivity index (χ2v) is 4.38. The van der Waals surface area contributed by atoms with Gasteiger partial charge in [-0.15, -0.1) is 0 Å². The van der Waals surface area contributed by atoms with Crippen molar-refractivity contribution in [3.8, 4) is 11.4 Å². The molecule has 1 amide bonds. The molecule has 2 rings (SSSR count). The van der Waals surface area contributed by atoms with Crippen LogP contribution in [0.2, 0.25) is 10.0 Å². The van der Waals surface area contributed by atoms with Crippen LogP contribution in [0, 0.1) is 0 Å².